The fourth-order valence-electron chi connectivity index (χ4n) is 5.92. The average Bonchev–Trinajstić information content (AvgIpc) is 3.36. The van der Waals surface area contributed by atoms with Crippen LogP contribution >= 0.6 is 0 Å². The van der Waals surface area contributed by atoms with Crippen molar-refractivity contribution in [2.75, 3.05) is 10.2 Å². The number of aryl methyl sites for hydroxylation is 2. The molecule has 0 unspecified atom stereocenters. The Morgan fingerprint density at radius 3 is 2.11 bits per heavy atom. The van der Waals surface area contributed by atoms with Crippen LogP contribution in [0.3, 0.4) is 0 Å². The van der Waals surface area contributed by atoms with Crippen molar-refractivity contribution in [1.82, 2.24) is 9.78 Å². The summed E-state index contributed by atoms with van der Waals surface area (Å²) in [6, 6.07) is 29.3. The molecule has 2 aliphatic rings. The minimum atomic E-state index is -3.71. The van der Waals surface area contributed by atoms with Gasteiger partial charge in [-0.2, -0.15) is 5.10 Å². The smallest absolute Gasteiger partial charge is 0.291 e. The molecule has 2 aliphatic heterocycles. The summed E-state index contributed by atoms with van der Waals surface area (Å²) < 4.78 is 28.5. The number of carbonyl (C=O) groups excluding carboxylic acids is 1. The Kier molecular flexibility index (Phi) is 6.51. The van der Waals surface area contributed by atoms with Crippen LogP contribution in [-0.4, -0.2) is 29.9 Å². The molecular weight excluding hydrogens is 570 g/mol. The fourth-order valence-corrected chi connectivity index (χ4v) is 7.18. The van der Waals surface area contributed by atoms with Crippen LogP contribution in [-0.2, 0) is 14.6 Å². The Hall–Kier alpha value is -5.02. The Balaban J connectivity index is 1.34. The van der Waals surface area contributed by atoms with E-state index in [-0.39, 0.29) is 27.6 Å². The van der Waals surface area contributed by atoms with Crippen LogP contribution < -0.4 is 10.2 Å². The predicted octanol–water partition coefficient (Wildman–Crippen LogP) is 7.04. The largest absolute Gasteiger partial charge is 0.317 e. The predicted molar refractivity (Wildman–Crippen MR) is 172 cm³/mol. The van der Waals surface area contributed by atoms with Gasteiger partial charge in [-0.3, -0.25) is 4.79 Å². The van der Waals surface area contributed by atoms with Crippen molar-refractivity contribution in [3.05, 3.63) is 125 Å². The van der Waals surface area contributed by atoms with Gasteiger partial charge < -0.3 is 10.2 Å². The van der Waals surface area contributed by atoms with E-state index >= 15 is 0 Å². The summed E-state index contributed by atoms with van der Waals surface area (Å²) in [5.74, 6) is 0.813. The molecule has 44 heavy (non-hydrogen) atoms. The number of amides is 1. The van der Waals surface area contributed by atoms with Crippen LogP contribution in [0.2, 0.25) is 0 Å². The van der Waals surface area contributed by atoms with Crippen LogP contribution in [0.1, 0.15) is 53.8 Å². The molecule has 0 aliphatic carbocycles. The SMILES string of the molecule is Cc1ccc([C@@H]2c3c(C)nn(-c4ccc(S(=O)(=O)c5ccc(C(C)C)cc5)cc4)c3N=C3C(=O)Nc4ccccc4N32)cc1. The van der Waals surface area contributed by atoms with Crippen molar-refractivity contribution < 1.29 is 13.2 Å². The quantitative estimate of drug-likeness (QED) is 0.233. The average molecular weight is 602 g/mol. The van der Waals surface area contributed by atoms with Gasteiger partial charge in [0, 0.05) is 5.56 Å². The van der Waals surface area contributed by atoms with Gasteiger partial charge in [0.05, 0.1) is 38.6 Å². The summed E-state index contributed by atoms with van der Waals surface area (Å²) in [7, 11) is -3.71. The second kappa shape index (κ2) is 10.3. The molecule has 1 amide bonds. The highest BCUT2D eigenvalue weighted by Gasteiger charge is 2.42. The summed E-state index contributed by atoms with van der Waals surface area (Å²) in [6.07, 6.45) is 0. The normalized spacial score (nSPS) is 15.8. The highest BCUT2D eigenvalue weighted by Crippen LogP contribution is 2.47. The Labute approximate surface area is 256 Å². The molecule has 220 valence electrons. The van der Waals surface area contributed by atoms with Gasteiger partial charge in [-0.05, 0) is 79.4 Å². The number of para-hydroxylation sites is 2. The number of anilines is 2. The first kappa shape index (κ1) is 27.8. The third kappa shape index (κ3) is 4.43. The molecular formula is C35H31N5O3S. The lowest BCUT2D eigenvalue weighted by atomic mass is 9.92. The van der Waals surface area contributed by atoms with E-state index in [1.165, 1.54) is 0 Å². The number of carbonyl (C=O) groups is 1. The Morgan fingerprint density at radius 2 is 1.45 bits per heavy atom. The van der Waals surface area contributed by atoms with Gasteiger partial charge in [0.25, 0.3) is 5.91 Å². The van der Waals surface area contributed by atoms with Gasteiger partial charge in [0.15, 0.2) is 5.82 Å². The molecule has 0 fully saturated rings. The lowest BCUT2D eigenvalue weighted by Gasteiger charge is -2.40. The molecule has 0 bridgehead atoms. The van der Waals surface area contributed by atoms with E-state index in [1.54, 1.807) is 41.1 Å². The minimum Gasteiger partial charge on any atom is -0.317 e. The highest BCUT2D eigenvalue weighted by atomic mass is 32.2. The first-order chi connectivity index (χ1) is 21.1. The minimum absolute atomic E-state index is 0.189. The summed E-state index contributed by atoms with van der Waals surface area (Å²) in [6.45, 7) is 8.12. The summed E-state index contributed by atoms with van der Waals surface area (Å²) in [5, 5.41) is 7.85. The Morgan fingerprint density at radius 1 is 0.818 bits per heavy atom. The molecule has 1 aromatic heterocycles. The zero-order valence-corrected chi connectivity index (χ0v) is 25.6. The van der Waals surface area contributed by atoms with Gasteiger partial charge in [-0.25, -0.2) is 18.1 Å². The number of aliphatic imine (C=N–C) groups is 1. The second-order valence-electron chi connectivity index (χ2n) is 11.5. The van der Waals surface area contributed by atoms with Gasteiger partial charge >= 0.3 is 0 Å². The topological polar surface area (TPSA) is 96.7 Å². The van der Waals surface area contributed by atoms with E-state index in [4.69, 9.17) is 10.1 Å². The molecule has 0 saturated heterocycles. The fraction of sp³-hybridized carbons (Fsp3) is 0.171. The standard InChI is InChI=1S/C35H31N5O3S/c1-21(2)24-13-17-27(18-14-24)44(42,43)28-19-15-26(16-20-28)40-33-31(23(4)38-40)32(25-11-9-22(3)10-12-25)39-30-8-6-5-7-29(30)36-35(41)34(39)37-33/h5-21,32H,1-4H3,(H,36,41)/t32-/m1/s1. The summed E-state index contributed by atoms with van der Waals surface area (Å²) in [5.41, 5.74) is 7.07. The number of hydrogen-bond acceptors (Lipinski definition) is 6. The van der Waals surface area contributed by atoms with Crippen molar-refractivity contribution in [3.8, 4) is 5.69 Å². The molecule has 0 spiro atoms. The first-order valence-corrected chi connectivity index (χ1v) is 16.0. The van der Waals surface area contributed by atoms with Crippen LogP contribution in [0.5, 0.6) is 0 Å². The third-order valence-corrected chi connectivity index (χ3v) is 10.1. The number of nitrogens with one attached hydrogen (secondary N) is 1. The summed E-state index contributed by atoms with van der Waals surface area (Å²) in [4.78, 5) is 20.8. The molecule has 8 nitrogen and oxygen atoms in total. The molecule has 4 aromatic carbocycles. The van der Waals surface area contributed by atoms with E-state index in [1.807, 2.05) is 55.1 Å². The first-order valence-electron chi connectivity index (χ1n) is 14.5. The van der Waals surface area contributed by atoms with Gasteiger partial charge in [0.2, 0.25) is 15.7 Å². The maximum Gasteiger partial charge on any atom is 0.291 e. The number of sulfone groups is 1. The van der Waals surface area contributed by atoms with Crippen molar-refractivity contribution in [1.29, 1.82) is 0 Å². The van der Waals surface area contributed by atoms with Gasteiger partial charge in [-0.15, -0.1) is 0 Å². The molecule has 1 N–H and O–H groups in total. The molecule has 7 rings (SSSR count). The van der Waals surface area contributed by atoms with Crippen LogP contribution in [0, 0.1) is 13.8 Å². The zero-order chi connectivity index (χ0) is 30.7. The molecule has 0 saturated carbocycles. The lowest BCUT2D eigenvalue weighted by Crippen LogP contribution is -2.48. The van der Waals surface area contributed by atoms with E-state index < -0.39 is 9.84 Å². The van der Waals surface area contributed by atoms with Crippen molar-refractivity contribution in [2.45, 2.75) is 49.4 Å². The van der Waals surface area contributed by atoms with E-state index in [0.717, 1.165) is 39.3 Å². The third-order valence-electron chi connectivity index (χ3n) is 8.31. The number of aromatic nitrogens is 2. The monoisotopic (exact) mass is 601 g/mol. The number of amidine groups is 1. The molecule has 3 heterocycles. The molecule has 1 atom stereocenters. The summed E-state index contributed by atoms with van der Waals surface area (Å²) >= 11 is 0. The van der Waals surface area contributed by atoms with E-state index in [0.29, 0.717) is 17.4 Å². The van der Waals surface area contributed by atoms with Crippen LogP contribution in [0.4, 0.5) is 17.2 Å². The van der Waals surface area contributed by atoms with Crippen molar-refractivity contribution in [3.63, 3.8) is 0 Å². The maximum absolute atomic E-state index is 13.5. The lowest BCUT2D eigenvalue weighted by molar-refractivity contribution is -0.110. The Bertz CT molecular complexity index is 2060. The van der Waals surface area contributed by atoms with Crippen LogP contribution in [0.15, 0.2) is 112 Å². The second-order valence-corrected chi connectivity index (χ2v) is 13.5. The number of fused-ring (bicyclic) bond motifs is 4. The van der Waals surface area contributed by atoms with Gasteiger partial charge in [0.1, 0.15) is 0 Å². The number of hydrogen-bond donors (Lipinski definition) is 1. The maximum atomic E-state index is 13.5. The number of benzene rings is 4. The zero-order valence-electron chi connectivity index (χ0n) is 24.8. The highest BCUT2D eigenvalue weighted by molar-refractivity contribution is 7.91. The molecule has 5 aromatic rings. The number of nitrogens with zero attached hydrogens (tertiary/aromatic N) is 4. The number of rotatable bonds is 5. The van der Waals surface area contributed by atoms with Gasteiger partial charge in [-0.1, -0.05) is 67.9 Å². The van der Waals surface area contributed by atoms with Crippen molar-refractivity contribution in [2.24, 2.45) is 4.99 Å². The van der Waals surface area contributed by atoms with E-state index in [2.05, 4.69) is 43.4 Å². The molecule has 9 heteroatoms. The van der Waals surface area contributed by atoms with E-state index in [9.17, 15) is 13.2 Å². The van der Waals surface area contributed by atoms with Crippen LogP contribution in [0.25, 0.3) is 5.69 Å². The van der Waals surface area contributed by atoms with Crippen molar-refractivity contribution >= 4 is 38.8 Å². The molecule has 0 radical (unpaired) electrons.